The molecule has 0 spiro atoms. The van der Waals surface area contributed by atoms with E-state index < -0.39 is 51.5 Å². The lowest BCUT2D eigenvalue weighted by atomic mass is 9.90. The number of amides is 1. The maximum absolute atomic E-state index is 13.7. The molecule has 198 valence electrons. The van der Waals surface area contributed by atoms with Crippen molar-refractivity contribution in [2.24, 2.45) is 5.92 Å². The first kappa shape index (κ1) is 28.0. The Morgan fingerprint density at radius 3 is 1.89 bits per heavy atom. The largest absolute Gasteiger partial charge is 0.430 e. The van der Waals surface area contributed by atoms with E-state index in [2.05, 4.69) is 10.1 Å². The summed E-state index contributed by atoms with van der Waals surface area (Å²) in [6.07, 6.45) is -11.3. The van der Waals surface area contributed by atoms with Gasteiger partial charge in [-0.2, -0.15) is 26.3 Å². The molecule has 36 heavy (non-hydrogen) atoms. The molecular formula is C24H25F6NO4S. The molecule has 0 saturated heterocycles. The first-order valence-electron chi connectivity index (χ1n) is 11.1. The number of hydrogen-bond acceptors (Lipinski definition) is 4. The van der Waals surface area contributed by atoms with Crippen LogP contribution >= 0.6 is 0 Å². The van der Waals surface area contributed by atoms with Gasteiger partial charge in [-0.05, 0) is 55.9 Å². The second kappa shape index (κ2) is 10.4. The van der Waals surface area contributed by atoms with Crippen LogP contribution in [-0.4, -0.2) is 32.8 Å². The van der Waals surface area contributed by atoms with Crippen molar-refractivity contribution in [3.8, 4) is 0 Å². The summed E-state index contributed by atoms with van der Waals surface area (Å²) < 4.78 is 110. The number of carbonyl (C=O) groups excluding carboxylic acids is 1. The summed E-state index contributed by atoms with van der Waals surface area (Å²) in [7, 11) is -2.63. The first-order chi connectivity index (χ1) is 16.7. The molecule has 1 aliphatic carbocycles. The number of nitrogens with one attached hydrogen (secondary N) is 1. The van der Waals surface area contributed by atoms with Crippen molar-refractivity contribution < 1.29 is 44.3 Å². The highest BCUT2D eigenvalue weighted by Gasteiger charge is 2.73. The number of ether oxygens (including phenoxy) is 1. The summed E-state index contributed by atoms with van der Waals surface area (Å²) in [4.78, 5) is 12.4. The van der Waals surface area contributed by atoms with E-state index in [4.69, 9.17) is 0 Å². The summed E-state index contributed by atoms with van der Waals surface area (Å²) >= 11 is 0. The van der Waals surface area contributed by atoms with Gasteiger partial charge in [-0.15, -0.1) is 0 Å². The van der Waals surface area contributed by atoms with E-state index in [1.165, 1.54) is 0 Å². The fourth-order valence-corrected chi connectivity index (χ4v) is 5.05. The molecule has 0 heterocycles. The molecule has 1 atom stereocenters. The lowest BCUT2D eigenvalue weighted by molar-refractivity contribution is -0.396. The Kier molecular flexibility index (Phi) is 8.09. The minimum Gasteiger partial charge on any atom is -0.351 e. The fraction of sp³-hybridized carbons (Fsp3) is 0.458. The van der Waals surface area contributed by atoms with Gasteiger partial charge in [0.25, 0.3) is 11.5 Å². The Bertz CT molecular complexity index is 1120. The van der Waals surface area contributed by atoms with E-state index in [1.54, 1.807) is 24.3 Å². The van der Waals surface area contributed by atoms with Crippen LogP contribution in [0.2, 0.25) is 0 Å². The van der Waals surface area contributed by atoms with E-state index >= 15 is 0 Å². The van der Waals surface area contributed by atoms with Crippen LogP contribution in [0.1, 0.15) is 59.0 Å². The van der Waals surface area contributed by atoms with Crippen LogP contribution in [0.3, 0.4) is 0 Å². The number of alkyl halides is 6. The molecule has 3 rings (SSSR count). The number of thiol groups is 1. The third-order valence-corrected chi connectivity index (χ3v) is 7.01. The third-order valence-electron chi connectivity index (χ3n) is 5.83. The van der Waals surface area contributed by atoms with Gasteiger partial charge in [0.1, 0.15) is 10.7 Å². The highest BCUT2D eigenvalue weighted by Crippen LogP contribution is 2.53. The topological polar surface area (TPSA) is 72.5 Å². The van der Waals surface area contributed by atoms with Crippen molar-refractivity contribution >= 4 is 16.6 Å². The molecule has 12 heteroatoms. The van der Waals surface area contributed by atoms with Gasteiger partial charge in [-0.1, -0.05) is 36.4 Å². The lowest BCUT2D eigenvalue weighted by Crippen LogP contribution is -2.57. The second-order valence-electron chi connectivity index (χ2n) is 8.91. The van der Waals surface area contributed by atoms with Crippen LogP contribution < -0.4 is 5.32 Å². The number of carbonyl (C=O) groups is 1. The molecule has 1 aliphatic rings. The SMILES string of the molecule is CC(C)OC(c1ccc(C(=O)NCc2ccc(C(C3CC3)[SH](=O)=O)cc2)cc1)(C(F)(F)F)C(F)(F)F. The van der Waals surface area contributed by atoms with Crippen molar-refractivity contribution in [1.82, 2.24) is 5.32 Å². The maximum Gasteiger partial charge on any atom is 0.430 e. The van der Waals surface area contributed by atoms with Gasteiger partial charge in [0.15, 0.2) is 0 Å². The molecule has 5 nitrogen and oxygen atoms in total. The Morgan fingerprint density at radius 1 is 0.944 bits per heavy atom. The standard InChI is InChI=1S/C24H25F6NO4S/c1-14(2)35-22(23(25,26)27,24(28,29)30)19-11-9-18(10-12-19)21(32)31-13-15-3-5-16(6-4-15)20(36(33)34)17-7-8-17/h3-6,9-12,14,17,20,36H,7-8,13H2,1-2H3,(H,31,32). The number of halogens is 6. The third kappa shape index (κ3) is 5.86. The van der Waals surface area contributed by atoms with Crippen molar-refractivity contribution in [2.45, 2.75) is 62.5 Å². The van der Waals surface area contributed by atoms with Gasteiger partial charge in [-0.3, -0.25) is 4.79 Å². The van der Waals surface area contributed by atoms with Crippen LogP contribution in [0.25, 0.3) is 0 Å². The van der Waals surface area contributed by atoms with E-state index in [9.17, 15) is 39.6 Å². The predicted octanol–water partition coefficient (Wildman–Crippen LogP) is 5.42. The van der Waals surface area contributed by atoms with E-state index in [0.717, 1.165) is 38.8 Å². The summed E-state index contributed by atoms with van der Waals surface area (Å²) in [5, 5.41) is 1.99. The molecule has 0 aliphatic heterocycles. The smallest absolute Gasteiger partial charge is 0.351 e. The van der Waals surface area contributed by atoms with Gasteiger partial charge in [0, 0.05) is 17.7 Å². The van der Waals surface area contributed by atoms with Crippen LogP contribution in [0, 0.1) is 5.92 Å². The van der Waals surface area contributed by atoms with Crippen LogP contribution in [0.4, 0.5) is 26.3 Å². The minimum absolute atomic E-state index is 0.0178. The van der Waals surface area contributed by atoms with E-state index in [-0.39, 0.29) is 18.0 Å². The van der Waals surface area contributed by atoms with Crippen LogP contribution in [-0.2, 0) is 27.6 Å². The van der Waals surface area contributed by atoms with Gasteiger partial charge >= 0.3 is 12.4 Å². The molecular weight excluding hydrogens is 512 g/mol. The highest BCUT2D eigenvalue weighted by molar-refractivity contribution is 7.72. The maximum atomic E-state index is 13.7. The number of benzene rings is 2. The normalized spacial score (nSPS) is 15.8. The minimum atomic E-state index is -5.80. The molecule has 1 amide bonds. The Morgan fingerprint density at radius 2 is 1.47 bits per heavy atom. The van der Waals surface area contributed by atoms with Gasteiger partial charge in [0.2, 0.25) is 0 Å². The fourth-order valence-electron chi connectivity index (χ4n) is 3.99. The summed E-state index contributed by atoms with van der Waals surface area (Å²) in [5.74, 6) is -0.600. The summed E-state index contributed by atoms with van der Waals surface area (Å²) in [5.41, 5.74) is -4.59. The summed E-state index contributed by atoms with van der Waals surface area (Å²) in [6, 6.07) is 9.52. The molecule has 1 N–H and O–H groups in total. The number of hydrogen-bond donors (Lipinski definition) is 2. The van der Waals surface area contributed by atoms with Crippen LogP contribution in [0.15, 0.2) is 48.5 Å². The zero-order valence-electron chi connectivity index (χ0n) is 19.3. The zero-order valence-corrected chi connectivity index (χ0v) is 20.2. The molecule has 1 unspecified atom stereocenters. The molecule has 0 bridgehead atoms. The van der Waals surface area contributed by atoms with E-state index in [0.29, 0.717) is 23.3 Å². The molecule has 2 aromatic carbocycles. The van der Waals surface area contributed by atoms with Gasteiger partial charge < -0.3 is 10.1 Å². The Balaban J connectivity index is 1.74. The van der Waals surface area contributed by atoms with Crippen molar-refractivity contribution in [2.75, 3.05) is 0 Å². The number of rotatable bonds is 9. The highest BCUT2D eigenvalue weighted by atomic mass is 32.2. The summed E-state index contributed by atoms with van der Waals surface area (Å²) in [6.45, 7) is 2.14. The quantitative estimate of drug-likeness (QED) is 0.331. The van der Waals surface area contributed by atoms with Crippen LogP contribution in [0.5, 0.6) is 0 Å². The van der Waals surface area contributed by atoms with Crippen molar-refractivity contribution in [3.05, 3.63) is 70.8 Å². The first-order valence-corrected chi connectivity index (χ1v) is 12.3. The Hall–Kier alpha value is -2.60. The van der Waals surface area contributed by atoms with Crippen molar-refractivity contribution in [3.63, 3.8) is 0 Å². The average Bonchev–Trinajstić information content (AvgIpc) is 3.60. The second-order valence-corrected chi connectivity index (χ2v) is 10.0. The van der Waals surface area contributed by atoms with Crippen molar-refractivity contribution in [1.29, 1.82) is 0 Å². The molecule has 1 fully saturated rings. The lowest BCUT2D eigenvalue weighted by Gasteiger charge is -2.38. The monoisotopic (exact) mass is 537 g/mol. The average molecular weight is 538 g/mol. The molecule has 2 aromatic rings. The Labute approximate surface area is 205 Å². The molecule has 0 aromatic heterocycles. The van der Waals surface area contributed by atoms with E-state index in [1.807, 2.05) is 0 Å². The van der Waals surface area contributed by atoms with Gasteiger partial charge in [-0.25, -0.2) is 8.42 Å². The van der Waals surface area contributed by atoms with Gasteiger partial charge in [0.05, 0.1) is 11.4 Å². The zero-order chi connectivity index (χ0) is 26.9. The molecule has 0 radical (unpaired) electrons. The molecule has 1 saturated carbocycles. The predicted molar refractivity (Wildman–Crippen MR) is 120 cm³/mol.